The Morgan fingerprint density at radius 3 is 2.78 bits per heavy atom. The smallest absolute Gasteiger partial charge is 0.221 e. The third kappa shape index (κ3) is 4.05. The molecule has 0 aromatic carbocycles. The van der Waals surface area contributed by atoms with E-state index in [2.05, 4.69) is 16.9 Å². The second-order valence-corrected chi connectivity index (χ2v) is 3.95. The maximum Gasteiger partial charge on any atom is 0.221 e. The first-order chi connectivity index (χ1) is 8.56. The number of aryl methyl sites for hydroxylation is 1. The van der Waals surface area contributed by atoms with Crippen LogP contribution in [0.25, 0.3) is 0 Å². The molecule has 0 spiro atoms. The van der Waals surface area contributed by atoms with Gasteiger partial charge in [-0.15, -0.1) is 0 Å². The summed E-state index contributed by atoms with van der Waals surface area (Å²) in [6.07, 6.45) is 9.23. The summed E-state index contributed by atoms with van der Waals surface area (Å²) in [4.78, 5) is 15.2. The lowest BCUT2D eigenvalue weighted by Crippen LogP contribution is -2.18. The molecule has 1 amide bonds. The standard InChI is InChI=1S/C14H19N3O/c1-5-13(9-14(6-2)16-12(4)18)10-17-8-7-15-11(17)3/h5-9H,1,10H2,2-4H3,(H,16,18)/b13-9+,14-6+. The van der Waals surface area contributed by atoms with Crippen LogP contribution in [0.1, 0.15) is 19.7 Å². The molecule has 1 rings (SSSR count). The molecule has 0 saturated carbocycles. The van der Waals surface area contributed by atoms with Crippen LogP contribution < -0.4 is 5.32 Å². The number of rotatable bonds is 5. The summed E-state index contributed by atoms with van der Waals surface area (Å²) in [5.41, 5.74) is 1.79. The minimum Gasteiger partial charge on any atom is -0.331 e. The maximum atomic E-state index is 11.0. The minimum atomic E-state index is -0.0819. The third-order valence-electron chi connectivity index (χ3n) is 2.51. The van der Waals surface area contributed by atoms with Crippen LogP contribution in [0.15, 0.2) is 48.5 Å². The zero-order valence-electron chi connectivity index (χ0n) is 11.1. The number of carbonyl (C=O) groups is 1. The van der Waals surface area contributed by atoms with E-state index in [0.717, 1.165) is 17.1 Å². The fourth-order valence-electron chi connectivity index (χ4n) is 1.53. The van der Waals surface area contributed by atoms with E-state index >= 15 is 0 Å². The summed E-state index contributed by atoms with van der Waals surface area (Å²) >= 11 is 0. The van der Waals surface area contributed by atoms with Crippen molar-refractivity contribution in [3.63, 3.8) is 0 Å². The van der Waals surface area contributed by atoms with Crippen molar-refractivity contribution in [1.82, 2.24) is 14.9 Å². The molecule has 4 heteroatoms. The topological polar surface area (TPSA) is 46.9 Å². The number of nitrogens with zero attached hydrogens (tertiary/aromatic N) is 2. The Morgan fingerprint density at radius 2 is 2.33 bits per heavy atom. The van der Waals surface area contributed by atoms with Gasteiger partial charge in [-0.05, 0) is 25.5 Å². The van der Waals surface area contributed by atoms with Gasteiger partial charge in [0, 0.05) is 31.6 Å². The van der Waals surface area contributed by atoms with Crippen LogP contribution >= 0.6 is 0 Å². The second-order valence-electron chi connectivity index (χ2n) is 3.95. The van der Waals surface area contributed by atoms with E-state index in [1.165, 1.54) is 6.92 Å². The van der Waals surface area contributed by atoms with Gasteiger partial charge in [-0.2, -0.15) is 0 Å². The lowest BCUT2D eigenvalue weighted by Gasteiger charge is -2.08. The fraction of sp³-hybridized carbons (Fsp3) is 0.286. The number of hydrogen-bond donors (Lipinski definition) is 1. The molecular formula is C14H19N3O. The lowest BCUT2D eigenvalue weighted by molar-refractivity contribution is -0.118. The predicted octanol–water partition coefficient (Wildman–Crippen LogP) is 2.34. The Labute approximate surface area is 108 Å². The van der Waals surface area contributed by atoms with Gasteiger partial charge in [-0.1, -0.05) is 18.7 Å². The van der Waals surface area contributed by atoms with E-state index in [1.807, 2.05) is 36.8 Å². The first kappa shape index (κ1) is 14.0. The van der Waals surface area contributed by atoms with Crippen LogP contribution in [0, 0.1) is 6.92 Å². The molecule has 0 bridgehead atoms. The SMILES string of the molecule is C=C/C(=C\C(=C/C)NC(C)=O)Cn1ccnc1C. The lowest BCUT2D eigenvalue weighted by atomic mass is 10.2. The molecule has 0 aliphatic heterocycles. The molecule has 0 aliphatic rings. The first-order valence-corrected chi connectivity index (χ1v) is 5.81. The van der Waals surface area contributed by atoms with Crippen molar-refractivity contribution in [1.29, 1.82) is 0 Å². The van der Waals surface area contributed by atoms with Crippen molar-refractivity contribution in [3.05, 3.63) is 54.3 Å². The van der Waals surface area contributed by atoms with Gasteiger partial charge in [0.1, 0.15) is 5.82 Å². The number of allylic oxidation sites excluding steroid dienone is 4. The van der Waals surface area contributed by atoms with Gasteiger partial charge in [0.2, 0.25) is 5.91 Å². The van der Waals surface area contributed by atoms with Crippen LogP contribution in [0.4, 0.5) is 0 Å². The van der Waals surface area contributed by atoms with E-state index in [0.29, 0.717) is 6.54 Å². The van der Waals surface area contributed by atoms with Gasteiger partial charge in [0.25, 0.3) is 0 Å². The number of carbonyl (C=O) groups excluding carboxylic acids is 1. The molecule has 1 N–H and O–H groups in total. The summed E-state index contributed by atoms with van der Waals surface area (Å²) < 4.78 is 2.02. The average Bonchev–Trinajstić information content (AvgIpc) is 2.72. The molecule has 0 fully saturated rings. The van der Waals surface area contributed by atoms with E-state index in [-0.39, 0.29) is 5.91 Å². The van der Waals surface area contributed by atoms with Gasteiger partial charge >= 0.3 is 0 Å². The van der Waals surface area contributed by atoms with Gasteiger partial charge in [0.15, 0.2) is 0 Å². The van der Waals surface area contributed by atoms with E-state index in [9.17, 15) is 4.79 Å². The molecule has 0 unspecified atom stereocenters. The molecule has 0 aliphatic carbocycles. The number of amides is 1. The number of imidazole rings is 1. The Morgan fingerprint density at radius 1 is 1.61 bits per heavy atom. The second kappa shape index (κ2) is 6.59. The Bertz CT molecular complexity index is 495. The van der Waals surface area contributed by atoms with E-state index in [1.54, 1.807) is 12.3 Å². The molecule has 18 heavy (non-hydrogen) atoms. The summed E-state index contributed by atoms with van der Waals surface area (Å²) in [5, 5.41) is 2.76. The highest BCUT2D eigenvalue weighted by molar-refractivity contribution is 5.75. The molecule has 0 radical (unpaired) electrons. The highest BCUT2D eigenvalue weighted by Gasteiger charge is 2.01. The van der Waals surface area contributed by atoms with Crippen LogP contribution in [-0.4, -0.2) is 15.5 Å². The monoisotopic (exact) mass is 245 g/mol. The van der Waals surface area contributed by atoms with E-state index in [4.69, 9.17) is 0 Å². The van der Waals surface area contributed by atoms with Crippen LogP contribution in [0.2, 0.25) is 0 Å². The fourth-order valence-corrected chi connectivity index (χ4v) is 1.53. The Kier molecular flexibility index (Phi) is 5.11. The van der Waals surface area contributed by atoms with Crippen molar-refractivity contribution >= 4 is 5.91 Å². The first-order valence-electron chi connectivity index (χ1n) is 5.81. The molecule has 1 heterocycles. The minimum absolute atomic E-state index is 0.0819. The van der Waals surface area contributed by atoms with Gasteiger partial charge in [-0.3, -0.25) is 4.79 Å². The van der Waals surface area contributed by atoms with Crippen molar-refractivity contribution < 1.29 is 4.79 Å². The van der Waals surface area contributed by atoms with Crippen molar-refractivity contribution in [2.75, 3.05) is 0 Å². The highest BCUT2D eigenvalue weighted by Crippen LogP contribution is 2.07. The largest absolute Gasteiger partial charge is 0.331 e. The third-order valence-corrected chi connectivity index (χ3v) is 2.51. The highest BCUT2D eigenvalue weighted by atomic mass is 16.1. The van der Waals surface area contributed by atoms with Crippen LogP contribution in [0.5, 0.6) is 0 Å². The van der Waals surface area contributed by atoms with Gasteiger partial charge in [-0.25, -0.2) is 4.98 Å². The summed E-state index contributed by atoms with van der Waals surface area (Å²) in [7, 11) is 0. The quantitative estimate of drug-likeness (QED) is 0.809. The zero-order valence-corrected chi connectivity index (χ0v) is 11.1. The number of hydrogen-bond acceptors (Lipinski definition) is 2. The summed E-state index contributed by atoms with van der Waals surface area (Å²) in [5.74, 6) is 0.867. The molecule has 0 saturated heterocycles. The number of nitrogens with one attached hydrogen (secondary N) is 1. The predicted molar refractivity (Wildman–Crippen MR) is 72.8 cm³/mol. The van der Waals surface area contributed by atoms with Crippen molar-refractivity contribution in [3.8, 4) is 0 Å². The molecule has 1 aromatic heterocycles. The molecule has 1 aromatic rings. The van der Waals surface area contributed by atoms with Gasteiger partial charge in [0.05, 0.1) is 0 Å². The maximum absolute atomic E-state index is 11.0. The normalized spacial score (nSPS) is 12.4. The summed E-state index contributed by atoms with van der Waals surface area (Å²) in [6, 6.07) is 0. The van der Waals surface area contributed by atoms with Gasteiger partial charge < -0.3 is 9.88 Å². The van der Waals surface area contributed by atoms with Crippen LogP contribution in [-0.2, 0) is 11.3 Å². The van der Waals surface area contributed by atoms with E-state index < -0.39 is 0 Å². The molecule has 4 nitrogen and oxygen atoms in total. The Balaban J connectivity index is 2.85. The van der Waals surface area contributed by atoms with Crippen molar-refractivity contribution in [2.24, 2.45) is 0 Å². The number of aromatic nitrogens is 2. The van der Waals surface area contributed by atoms with Crippen molar-refractivity contribution in [2.45, 2.75) is 27.3 Å². The molecule has 0 atom stereocenters. The average molecular weight is 245 g/mol. The molecular weight excluding hydrogens is 226 g/mol. The Hall–Kier alpha value is -2.10. The summed E-state index contributed by atoms with van der Waals surface area (Å²) in [6.45, 7) is 9.80. The zero-order chi connectivity index (χ0) is 13.5. The molecule has 96 valence electrons. The van der Waals surface area contributed by atoms with Crippen LogP contribution in [0.3, 0.4) is 0 Å².